The van der Waals surface area contributed by atoms with Gasteiger partial charge in [0.2, 0.25) is 5.91 Å². The number of hydrogen-bond donors (Lipinski definition) is 1. The summed E-state index contributed by atoms with van der Waals surface area (Å²) in [5.74, 6) is 0.308. The van der Waals surface area contributed by atoms with E-state index in [1.54, 1.807) is 0 Å². The summed E-state index contributed by atoms with van der Waals surface area (Å²) < 4.78 is 1.81. The summed E-state index contributed by atoms with van der Waals surface area (Å²) in [5.41, 5.74) is 3.49. The lowest BCUT2D eigenvalue weighted by Crippen LogP contribution is -2.50. The molecule has 30 heavy (non-hydrogen) atoms. The van der Waals surface area contributed by atoms with Gasteiger partial charge in [-0.2, -0.15) is 5.10 Å². The number of nitrogens with zero attached hydrogens (tertiary/aromatic N) is 4. The number of likely N-dealkylation sites (tertiary alicyclic amines) is 2. The van der Waals surface area contributed by atoms with Gasteiger partial charge in [0.25, 0.3) is 0 Å². The zero-order valence-electron chi connectivity index (χ0n) is 18.4. The van der Waals surface area contributed by atoms with Crippen LogP contribution in [0.4, 0.5) is 0 Å². The van der Waals surface area contributed by atoms with E-state index in [2.05, 4.69) is 50.5 Å². The van der Waals surface area contributed by atoms with Gasteiger partial charge >= 0.3 is 0 Å². The van der Waals surface area contributed by atoms with Gasteiger partial charge in [0.1, 0.15) is 0 Å². The Labute approximate surface area is 180 Å². The van der Waals surface area contributed by atoms with Crippen molar-refractivity contribution in [3.05, 3.63) is 53.3 Å². The van der Waals surface area contributed by atoms with Gasteiger partial charge in [-0.25, -0.2) is 0 Å². The van der Waals surface area contributed by atoms with Crippen molar-refractivity contribution in [1.82, 2.24) is 24.9 Å². The predicted octanol–water partition coefficient (Wildman–Crippen LogP) is 2.72. The molecule has 0 radical (unpaired) electrons. The fourth-order valence-electron chi connectivity index (χ4n) is 4.99. The number of benzene rings is 1. The molecule has 4 rings (SSSR count). The molecule has 2 fully saturated rings. The fraction of sp³-hybridized carbons (Fsp3) is 0.583. The Hall–Kier alpha value is -2.18. The van der Waals surface area contributed by atoms with E-state index in [-0.39, 0.29) is 11.8 Å². The van der Waals surface area contributed by atoms with Gasteiger partial charge in [0.05, 0.1) is 11.6 Å². The number of rotatable bonds is 6. The largest absolute Gasteiger partial charge is 0.352 e. The minimum absolute atomic E-state index is 0.109. The minimum atomic E-state index is 0.109. The minimum Gasteiger partial charge on any atom is -0.352 e. The van der Waals surface area contributed by atoms with Gasteiger partial charge in [-0.15, -0.1) is 0 Å². The molecule has 6 nitrogen and oxygen atoms in total. The normalized spacial score (nSPS) is 21.6. The molecule has 2 aliphatic heterocycles. The van der Waals surface area contributed by atoms with Gasteiger partial charge in [0, 0.05) is 44.5 Å². The number of aromatic nitrogens is 2. The second kappa shape index (κ2) is 9.75. The van der Waals surface area contributed by atoms with Crippen LogP contribution in [0, 0.1) is 12.8 Å². The molecular formula is C24H35N5O. The first-order valence-corrected chi connectivity index (χ1v) is 11.4. The molecule has 1 atom stereocenters. The number of carbonyl (C=O) groups is 1. The molecule has 1 aromatic carbocycles. The molecule has 2 aliphatic rings. The zero-order chi connectivity index (χ0) is 20.9. The average molecular weight is 410 g/mol. The van der Waals surface area contributed by atoms with Crippen LogP contribution in [-0.4, -0.2) is 57.7 Å². The molecule has 1 aromatic heterocycles. The van der Waals surface area contributed by atoms with Crippen LogP contribution in [-0.2, 0) is 24.9 Å². The fourth-order valence-corrected chi connectivity index (χ4v) is 4.99. The Bertz CT molecular complexity index is 825. The first-order valence-electron chi connectivity index (χ1n) is 11.4. The van der Waals surface area contributed by atoms with E-state index < -0.39 is 0 Å². The molecule has 1 amide bonds. The number of aryl methyl sites for hydroxylation is 2. The summed E-state index contributed by atoms with van der Waals surface area (Å²) in [4.78, 5) is 18.0. The second-order valence-electron chi connectivity index (χ2n) is 8.96. The lowest BCUT2D eigenvalue weighted by molar-refractivity contribution is -0.127. The van der Waals surface area contributed by atoms with E-state index in [9.17, 15) is 4.79 Å². The number of piperidine rings is 2. The smallest absolute Gasteiger partial charge is 0.224 e. The molecule has 2 saturated heterocycles. The van der Waals surface area contributed by atoms with Crippen molar-refractivity contribution in [3.8, 4) is 0 Å². The molecule has 2 aromatic rings. The van der Waals surface area contributed by atoms with Crippen LogP contribution in [0.15, 0.2) is 36.5 Å². The predicted molar refractivity (Wildman–Crippen MR) is 119 cm³/mol. The lowest BCUT2D eigenvalue weighted by atomic mass is 9.93. The van der Waals surface area contributed by atoms with E-state index in [0.29, 0.717) is 12.6 Å². The van der Waals surface area contributed by atoms with Crippen molar-refractivity contribution in [3.63, 3.8) is 0 Å². The molecule has 6 heteroatoms. The summed E-state index contributed by atoms with van der Waals surface area (Å²) in [5, 5.41) is 7.51. The van der Waals surface area contributed by atoms with Crippen LogP contribution < -0.4 is 5.32 Å². The van der Waals surface area contributed by atoms with E-state index in [1.807, 2.05) is 24.9 Å². The molecule has 0 bridgehead atoms. The third-order valence-electron chi connectivity index (χ3n) is 6.71. The molecule has 0 spiro atoms. The van der Waals surface area contributed by atoms with E-state index in [0.717, 1.165) is 56.8 Å². The first-order chi connectivity index (χ1) is 14.6. The van der Waals surface area contributed by atoms with Gasteiger partial charge in [-0.3, -0.25) is 19.3 Å². The summed E-state index contributed by atoms with van der Waals surface area (Å²) in [6.07, 6.45) is 6.52. The van der Waals surface area contributed by atoms with Crippen molar-refractivity contribution in [2.75, 3.05) is 26.2 Å². The van der Waals surface area contributed by atoms with Crippen LogP contribution in [0.2, 0.25) is 0 Å². The molecule has 0 saturated carbocycles. The third-order valence-corrected chi connectivity index (χ3v) is 6.71. The van der Waals surface area contributed by atoms with Crippen LogP contribution in [0.5, 0.6) is 0 Å². The van der Waals surface area contributed by atoms with E-state index in [4.69, 9.17) is 0 Å². The maximum Gasteiger partial charge on any atom is 0.224 e. The zero-order valence-corrected chi connectivity index (χ0v) is 18.4. The van der Waals surface area contributed by atoms with Crippen molar-refractivity contribution in [2.45, 2.75) is 51.7 Å². The average Bonchev–Trinajstić information content (AvgIpc) is 3.10. The third kappa shape index (κ3) is 5.29. The first kappa shape index (κ1) is 21.1. The summed E-state index contributed by atoms with van der Waals surface area (Å²) in [7, 11) is 1.92. The topological polar surface area (TPSA) is 53.4 Å². The molecular weight excluding hydrogens is 374 g/mol. The highest BCUT2D eigenvalue weighted by atomic mass is 16.1. The molecule has 3 heterocycles. The molecule has 1 unspecified atom stereocenters. The highest BCUT2D eigenvalue weighted by Gasteiger charge is 2.31. The highest BCUT2D eigenvalue weighted by molar-refractivity contribution is 5.79. The van der Waals surface area contributed by atoms with Crippen molar-refractivity contribution < 1.29 is 4.79 Å². The van der Waals surface area contributed by atoms with Crippen LogP contribution in [0.1, 0.15) is 42.5 Å². The SMILES string of the molecule is Cc1nn(C)cc1CNC(=O)C1CCCN(C2CCN(Cc3ccccc3)CC2)C1. The summed E-state index contributed by atoms with van der Waals surface area (Å²) in [6.45, 7) is 7.95. The number of carbonyl (C=O) groups excluding carboxylic acids is 1. The Morgan fingerprint density at radius 1 is 1.13 bits per heavy atom. The Kier molecular flexibility index (Phi) is 6.85. The monoisotopic (exact) mass is 409 g/mol. The van der Waals surface area contributed by atoms with Gasteiger partial charge in [-0.1, -0.05) is 30.3 Å². The van der Waals surface area contributed by atoms with Gasteiger partial charge in [-0.05, 0) is 57.8 Å². The second-order valence-corrected chi connectivity index (χ2v) is 8.96. The molecule has 0 aliphatic carbocycles. The van der Waals surface area contributed by atoms with Crippen LogP contribution in [0.3, 0.4) is 0 Å². The number of amides is 1. The summed E-state index contributed by atoms with van der Waals surface area (Å²) >= 11 is 0. The standard InChI is InChI=1S/C24H35N5O/c1-19-22(17-27(2)26-19)15-25-24(30)21-9-6-12-29(18-21)23-10-13-28(14-11-23)16-20-7-4-3-5-8-20/h3-5,7-8,17,21,23H,6,9-16,18H2,1-2H3,(H,25,30). The lowest BCUT2D eigenvalue weighted by Gasteiger charge is -2.42. The molecule has 162 valence electrons. The number of hydrogen-bond acceptors (Lipinski definition) is 4. The Morgan fingerprint density at radius 3 is 2.60 bits per heavy atom. The van der Waals surface area contributed by atoms with Crippen LogP contribution >= 0.6 is 0 Å². The Morgan fingerprint density at radius 2 is 1.90 bits per heavy atom. The van der Waals surface area contributed by atoms with Gasteiger partial charge in [0.15, 0.2) is 0 Å². The Balaban J connectivity index is 1.24. The van der Waals surface area contributed by atoms with Crippen molar-refractivity contribution in [1.29, 1.82) is 0 Å². The van der Waals surface area contributed by atoms with Crippen LogP contribution in [0.25, 0.3) is 0 Å². The highest BCUT2D eigenvalue weighted by Crippen LogP contribution is 2.25. The van der Waals surface area contributed by atoms with Gasteiger partial charge < -0.3 is 5.32 Å². The van der Waals surface area contributed by atoms with E-state index in [1.165, 1.54) is 18.4 Å². The quantitative estimate of drug-likeness (QED) is 0.797. The van der Waals surface area contributed by atoms with E-state index >= 15 is 0 Å². The van der Waals surface area contributed by atoms with Crippen molar-refractivity contribution in [2.24, 2.45) is 13.0 Å². The maximum atomic E-state index is 12.8. The molecule has 1 N–H and O–H groups in total. The van der Waals surface area contributed by atoms with Crippen molar-refractivity contribution >= 4 is 5.91 Å². The number of nitrogens with one attached hydrogen (secondary N) is 1. The summed E-state index contributed by atoms with van der Waals surface area (Å²) in [6, 6.07) is 11.4. The maximum absolute atomic E-state index is 12.8.